The standard InChI is InChI=1S/C20H21NO3/c1-15-6-5-13-21(20(15)23)14-19(22)16-9-11-18(12-10-16)24-17-7-3-2-4-8-17/h3,5-7,9-13,17H,2,4,8,14H2,1H3. The number of carbonyl (C=O) groups is 1. The first-order valence-electron chi connectivity index (χ1n) is 8.26. The third-order valence-corrected chi connectivity index (χ3v) is 4.20. The minimum Gasteiger partial charge on any atom is -0.486 e. The Balaban J connectivity index is 1.67. The summed E-state index contributed by atoms with van der Waals surface area (Å²) in [4.78, 5) is 24.4. The molecule has 0 bridgehead atoms. The van der Waals surface area contributed by atoms with E-state index in [9.17, 15) is 9.59 Å². The third-order valence-electron chi connectivity index (χ3n) is 4.20. The van der Waals surface area contributed by atoms with E-state index in [1.165, 1.54) is 4.57 Å². The van der Waals surface area contributed by atoms with Crippen LogP contribution < -0.4 is 10.3 Å². The van der Waals surface area contributed by atoms with E-state index in [4.69, 9.17) is 4.74 Å². The molecular weight excluding hydrogens is 302 g/mol. The summed E-state index contributed by atoms with van der Waals surface area (Å²) in [6, 6.07) is 10.7. The van der Waals surface area contributed by atoms with Gasteiger partial charge in [-0.15, -0.1) is 0 Å². The van der Waals surface area contributed by atoms with Crippen LogP contribution in [0.5, 0.6) is 5.75 Å². The summed E-state index contributed by atoms with van der Waals surface area (Å²) >= 11 is 0. The van der Waals surface area contributed by atoms with Crippen molar-refractivity contribution >= 4 is 5.78 Å². The fraction of sp³-hybridized carbons (Fsp3) is 0.300. The molecule has 0 N–H and O–H groups in total. The number of carbonyl (C=O) groups excluding carboxylic acids is 1. The van der Waals surface area contributed by atoms with Crippen LogP contribution in [0.15, 0.2) is 59.5 Å². The van der Waals surface area contributed by atoms with Crippen LogP contribution in [-0.2, 0) is 6.54 Å². The highest BCUT2D eigenvalue weighted by Crippen LogP contribution is 2.19. The zero-order valence-electron chi connectivity index (χ0n) is 13.8. The van der Waals surface area contributed by atoms with Gasteiger partial charge in [-0.25, -0.2) is 0 Å². The quantitative estimate of drug-likeness (QED) is 0.625. The first-order valence-corrected chi connectivity index (χ1v) is 8.26. The lowest BCUT2D eigenvalue weighted by atomic mass is 10.1. The summed E-state index contributed by atoms with van der Waals surface area (Å²) in [7, 11) is 0. The monoisotopic (exact) mass is 323 g/mol. The molecule has 0 saturated heterocycles. The highest BCUT2D eigenvalue weighted by atomic mass is 16.5. The van der Waals surface area contributed by atoms with Gasteiger partial charge < -0.3 is 9.30 Å². The number of ether oxygens (including phenoxy) is 1. The van der Waals surface area contributed by atoms with Gasteiger partial charge in [-0.3, -0.25) is 9.59 Å². The Labute approximate surface area is 141 Å². The van der Waals surface area contributed by atoms with E-state index >= 15 is 0 Å². The molecule has 3 rings (SSSR count). The van der Waals surface area contributed by atoms with Crippen LogP contribution >= 0.6 is 0 Å². The summed E-state index contributed by atoms with van der Waals surface area (Å²) in [5.74, 6) is 0.669. The summed E-state index contributed by atoms with van der Waals surface area (Å²) < 4.78 is 7.33. The number of benzene rings is 1. The van der Waals surface area contributed by atoms with Gasteiger partial charge in [-0.2, -0.15) is 0 Å². The van der Waals surface area contributed by atoms with E-state index in [1.807, 2.05) is 12.1 Å². The Morgan fingerprint density at radius 1 is 1.25 bits per heavy atom. The molecule has 4 nitrogen and oxygen atoms in total. The first kappa shape index (κ1) is 16.2. The number of pyridine rings is 1. The van der Waals surface area contributed by atoms with Gasteiger partial charge in [0.05, 0.1) is 6.54 Å². The number of Topliss-reactive ketones (excluding diaryl/α,β-unsaturated/α-hetero) is 1. The molecule has 0 amide bonds. The molecule has 1 atom stereocenters. The highest BCUT2D eigenvalue weighted by molar-refractivity contribution is 5.96. The molecule has 2 aromatic rings. The highest BCUT2D eigenvalue weighted by Gasteiger charge is 2.12. The van der Waals surface area contributed by atoms with Gasteiger partial charge in [0.2, 0.25) is 0 Å². The van der Waals surface area contributed by atoms with Gasteiger partial charge in [0, 0.05) is 17.3 Å². The van der Waals surface area contributed by atoms with Crippen LogP contribution in [0.25, 0.3) is 0 Å². The van der Waals surface area contributed by atoms with E-state index in [0.717, 1.165) is 25.0 Å². The maximum absolute atomic E-state index is 12.4. The first-order chi connectivity index (χ1) is 11.6. The van der Waals surface area contributed by atoms with Crippen LogP contribution in [0, 0.1) is 6.92 Å². The van der Waals surface area contributed by atoms with Gasteiger partial charge in [-0.05, 0) is 62.6 Å². The maximum Gasteiger partial charge on any atom is 0.253 e. The average molecular weight is 323 g/mol. The minimum absolute atomic E-state index is 0.0477. The Kier molecular flexibility index (Phi) is 4.94. The molecule has 4 heteroatoms. The average Bonchev–Trinajstić information content (AvgIpc) is 2.60. The third kappa shape index (κ3) is 3.82. The summed E-state index contributed by atoms with van der Waals surface area (Å²) in [5, 5.41) is 0. The fourth-order valence-electron chi connectivity index (χ4n) is 2.80. The van der Waals surface area contributed by atoms with Crippen molar-refractivity contribution in [1.29, 1.82) is 0 Å². The largest absolute Gasteiger partial charge is 0.486 e. The number of ketones is 1. The summed E-state index contributed by atoms with van der Waals surface area (Å²) in [6.45, 7) is 1.79. The van der Waals surface area contributed by atoms with Gasteiger partial charge >= 0.3 is 0 Å². The molecule has 1 unspecified atom stereocenters. The second-order valence-corrected chi connectivity index (χ2v) is 6.09. The molecule has 1 aromatic heterocycles. The molecule has 0 aliphatic heterocycles. The van der Waals surface area contributed by atoms with Crippen molar-refractivity contribution in [3.8, 4) is 5.75 Å². The predicted octanol–water partition coefficient (Wildman–Crippen LogP) is 3.53. The topological polar surface area (TPSA) is 48.3 Å². The van der Waals surface area contributed by atoms with E-state index in [0.29, 0.717) is 11.1 Å². The Morgan fingerprint density at radius 3 is 2.75 bits per heavy atom. The van der Waals surface area contributed by atoms with Crippen LogP contribution in [0.4, 0.5) is 0 Å². The summed E-state index contributed by atoms with van der Waals surface area (Å²) in [5.41, 5.74) is 1.08. The van der Waals surface area contributed by atoms with Gasteiger partial charge in [0.15, 0.2) is 5.78 Å². The lowest BCUT2D eigenvalue weighted by Crippen LogP contribution is -2.25. The number of aromatic nitrogens is 1. The molecule has 124 valence electrons. The minimum atomic E-state index is -0.130. The molecule has 24 heavy (non-hydrogen) atoms. The zero-order valence-corrected chi connectivity index (χ0v) is 13.8. The summed E-state index contributed by atoms with van der Waals surface area (Å²) in [6.07, 6.45) is 9.27. The van der Waals surface area contributed by atoms with Crippen LogP contribution in [-0.4, -0.2) is 16.5 Å². The van der Waals surface area contributed by atoms with Crippen molar-refractivity contribution in [2.24, 2.45) is 0 Å². The van der Waals surface area contributed by atoms with Crippen molar-refractivity contribution in [3.63, 3.8) is 0 Å². The zero-order chi connectivity index (χ0) is 16.9. The van der Waals surface area contributed by atoms with E-state index in [1.54, 1.807) is 37.4 Å². The van der Waals surface area contributed by atoms with Gasteiger partial charge in [0.1, 0.15) is 11.9 Å². The molecule has 1 aromatic carbocycles. The predicted molar refractivity (Wildman–Crippen MR) is 93.6 cm³/mol. The van der Waals surface area contributed by atoms with Crippen LogP contribution in [0.1, 0.15) is 35.2 Å². The number of nitrogens with zero attached hydrogens (tertiary/aromatic N) is 1. The van der Waals surface area contributed by atoms with Gasteiger partial charge in [0.25, 0.3) is 5.56 Å². The number of hydrogen-bond donors (Lipinski definition) is 0. The number of rotatable bonds is 5. The normalized spacial score (nSPS) is 16.8. The van der Waals surface area contributed by atoms with Crippen molar-refractivity contribution in [1.82, 2.24) is 4.57 Å². The molecule has 0 saturated carbocycles. The number of aryl methyl sites for hydroxylation is 1. The lowest BCUT2D eigenvalue weighted by Gasteiger charge is -2.18. The van der Waals surface area contributed by atoms with Crippen molar-refractivity contribution in [2.45, 2.75) is 38.8 Å². The number of allylic oxidation sites excluding steroid dienone is 1. The second kappa shape index (κ2) is 7.30. The Bertz CT molecular complexity index is 802. The molecule has 0 fully saturated rings. The lowest BCUT2D eigenvalue weighted by molar-refractivity contribution is 0.0970. The molecule has 1 aliphatic carbocycles. The van der Waals surface area contributed by atoms with E-state index in [-0.39, 0.29) is 24.0 Å². The molecule has 1 heterocycles. The maximum atomic E-state index is 12.4. The van der Waals surface area contributed by atoms with Crippen molar-refractivity contribution in [3.05, 3.63) is 76.2 Å². The van der Waals surface area contributed by atoms with Crippen LogP contribution in [0.3, 0.4) is 0 Å². The van der Waals surface area contributed by atoms with Crippen molar-refractivity contribution in [2.75, 3.05) is 0 Å². The Hall–Kier alpha value is -2.62. The van der Waals surface area contributed by atoms with Crippen molar-refractivity contribution < 1.29 is 9.53 Å². The molecular formula is C20H21NO3. The van der Waals surface area contributed by atoms with Gasteiger partial charge in [-0.1, -0.05) is 12.1 Å². The van der Waals surface area contributed by atoms with E-state index in [2.05, 4.69) is 12.2 Å². The molecule has 0 spiro atoms. The number of hydrogen-bond acceptors (Lipinski definition) is 3. The van der Waals surface area contributed by atoms with Crippen LogP contribution in [0.2, 0.25) is 0 Å². The van der Waals surface area contributed by atoms with E-state index < -0.39 is 0 Å². The molecule has 0 radical (unpaired) electrons. The second-order valence-electron chi connectivity index (χ2n) is 6.09. The molecule has 1 aliphatic rings. The smallest absolute Gasteiger partial charge is 0.253 e. The Morgan fingerprint density at radius 2 is 2.04 bits per heavy atom. The fourth-order valence-corrected chi connectivity index (χ4v) is 2.80. The SMILES string of the molecule is Cc1cccn(CC(=O)c2ccc(OC3C=CCCC3)cc2)c1=O.